The summed E-state index contributed by atoms with van der Waals surface area (Å²) in [6, 6.07) is 5.63. The molecule has 0 aliphatic carbocycles. The first-order valence-corrected chi connectivity index (χ1v) is 7.11. The number of aliphatic hydroxyl groups is 1. The van der Waals surface area contributed by atoms with Gasteiger partial charge in [0, 0.05) is 22.8 Å². The molecular weight excluding hydrogens is 276 g/mol. The van der Waals surface area contributed by atoms with E-state index in [4.69, 9.17) is 14.6 Å². The van der Waals surface area contributed by atoms with Crippen LogP contribution in [0.15, 0.2) is 24.4 Å². The van der Waals surface area contributed by atoms with Gasteiger partial charge in [0.2, 0.25) is 0 Å². The van der Waals surface area contributed by atoms with Gasteiger partial charge in [-0.1, -0.05) is 0 Å². The maximum Gasteiger partial charge on any atom is 0.163 e. The van der Waals surface area contributed by atoms with Crippen molar-refractivity contribution in [3.63, 3.8) is 0 Å². The van der Waals surface area contributed by atoms with Gasteiger partial charge < -0.3 is 19.9 Å². The maximum absolute atomic E-state index is 8.83. The van der Waals surface area contributed by atoms with Crippen molar-refractivity contribution in [2.24, 2.45) is 0 Å². The molecule has 2 N–H and O–H groups in total. The van der Waals surface area contributed by atoms with Crippen molar-refractivity contribution < 1.29 is 14.6 Å². The van der Waals surface area contributed by atoms with Crippen molar-refractivity contribution in [1.82, 2.24) is 4.98 Å². The van der Waals surface area contributed by atoms with E-state index in [0.717, 1.165) is 17.2 Å². The van der Waals surface area contributed by atoms with Gasteiger partial charge in [-0.3, -0.25) is 0 Å². The average Bonchev–Trinajstić information content (AvgIpc) is 2.88. The molecule has 108 valence electrons. The Bertz CT molecular complexity index is 557. The van der Waals surface area contributed by atoms with Crippen LogP contribution in [0.1, 0.15) is 9.88 Å². The monoisotopic (exact) mass is 294 g/mol. The van der Waals surface area contributed by atoms with E-state index in [1.54, 1.807) is 18.4 Å². The first kappa shape index (κ1) is 14.6. The molecule has 0 amide bonds. The molecule has 0 saturated carbocycles. The zero-order valence-corrected chi connectivity index (χ0v) is 12.4. The highest BCUT2D eigenvalue weighted by atomic mass is 32.1. The Balaban J connectivity index is 2.03. The Kier molecular flexibility index (Phi) is 5.20. The lowest BCUT2D eigenvalue weighted by Gasteiger charge is -2.12. The molecule has 0 unspecified atom stereocenters. The second-order valence-corrected chi connectivity index (χ2v) is 5.46. The molecule has 2 aromatic rings. The molecule has 1 heterocycles. The molecule has 2 rings (SSSR count). The fourth-order valence-electron chi connectivity index (χ4n) is 1.73. The number of aromatic nitrogens is 1. The van der Waals surface area contributed by atoms with Gasteiger partial charge in [-0.05, 0) is 19.1 Å². The van der Waals surface area contributed by atoms with E-state index in [0.29, 0.717) is 11.5 Å². The van der Waals surface area contributed by atoms with Crippen LogP contribution in [0.4, 0.5) is 5.69 Å². The molecule has 6 heteroatoms. The van der Waals surface area contributed by atoms with Crippen molar-refractivity contribution in [3.05, 3.63) is 34.3 Å². The number of methoxy groups -OCH3 is 1. The van der Waals surface area contributed by atoms with Crippen LogP contribution in [0.5, 0.6) is 11.5 Å². The molecule has 0 atom stereocenters. The molecule has 1 aromatic heterocycles. The molecule has 0 aliphatic rings. The van der Waals surface area contributed by atoms with Crippen molar-refractivity contribution in [2.45, 2.75) is 13.5 Å². The lowest BCUT2D eigenvalue weighted by Crippen LogP contribution is -2.04. The predicted octanol–water partition coefficient (Wildman–Crippen LogP) is 2.44. The summed E-state index contributed by atoms with van der Waals surface area (Å²) in [6.07, 6.45) is 1.87. The van der Waals surface area contributed by atoms with Crippen molar-refractivity contribution in [2.75, 3.05) is 25.6 Å². The van der Waals surface area contributed by atoms with E-state index in [1.165, 1.54) is 4.88 Å². The Morgan fingerprint density at radius 2 is 2.20 bits per heavy atom. The number of thiazole rings is 1. The zero-order chi connectivity index (χ0) is 14.4. The summed E-state index contributed by atoms with van der Waals surface area (Å²) in [4.78, 5) is 5.40. The molecule has 0 fully saturated rings. The molecule has 0 spiro atoms. The van der Waals surface area contributed by atoms with Gasteiger partial charge in [-0.15, -0.1) is 11.3 Å². The number of nitrogens with zero attached hydrogens (tertiary/aromatic N) is 1. The molecule has 1 aromatic carbocycles. The molecule has 0 saturated heterocycles. The highest BCUT2D eigenvalue weighted by molar-refractivity contribution is 7.11. The third-order valence-electron chi connectivity index (χ3n) is 2.65. The van der Waals surface area contributed by atoms with E-state index in [-0.39, 0.29) is 13.2 Å². The lowest BCUT2D eigenvalue weighted by molar-refractivity contribution is 0.196. The smallest absolute Gasteiger partial charge is 0.163 e. The highest BCUT2D eigenvalue weighted by Crippen LogP contribution is 2.30. The van der Waals surface area contributed by atoms with E-state index >= 15 is 0 Å². The standard InChI is InChI=1S/C14H18N2O3S/c1-10-15-8-12(20-10)9-16-11-3-4-13(18-2)14(7-11)19-6-5-17/h3-4,7-8,16-17H,5-6,9H2,1-2H3. The first-order valence-electron chi connectivity index (χ1n) is 6.30. The predicted molar refractivity (Wildman–Crippen MR) is 79.8 cm³/mol. The summed E-state index contributed by atoms with van der Waals surface area (Å²) in [5, 5.41) is 13.2. The largest absolute Gasteiger partial charge is 0.493 e. The van der Waals surface area contributed by atoms with Gasteiger partial charge in [0.1, 0.15) is 6.61 Å². The van der Waals surface area contributed by atoms with Gasteiger partial charge in [0.15, 0.2) is 11.5 Å². The minimum atomic E-state index is -0.0268. The lowest BCUT2D eigenvalue weighted by atomic mass is 10.2. The number of hydrogen-bond acceptors (Lipinski definition) is 6. The zero-order valence-electron chi connectivity index (χ0n) is 11.5. The first-order chi connectivity index (χ1) is 9.72. The number of benzene rings is 1. The van der Waals surface area contributed by atoms with E-state index in [9.17, 15) is 0 Å². The summed E-state index contributed by atoms with van der Waals surface area (Å²) in [6.45, 7) is 2.93. The van der Waals surface area contributed by atoms with Crippen molar-refractivity contribution >= 4 is 17.0 Å². The summed E-state index contributed by atoms with van der Waals surface area (Å²) in [7, 11) is 1.59. The fourth-order valence-corrected chi connectivity index (χ4v) is 2.47. The quantitative estimate of drug-likeness (QED) is 0.821. The van der Waals surface area contributed by atoms with E-state index in [2.05, 4.69) is 10.3 Å². The second kappa shape index (κ2) is 7.12. The van der Waals surface area contributed by atoms with Crippen LogP contribution in [0.2, 0.25) is 0 Å². The van der Waals surface area contributed by atoms with Gasteiger partial charge in [0.25, 0.3) is 0 Å². The molecule has 5 nitrogen and oxygen atoms in total. The fraction of sp³-hybridized carbons (Fsp3) is 0.357. The molecule has 0 aliphatic heterocycles. The van der Waals surface area contributed by atoms with E-state index in [1.807, 2.05) is 31.3 Å². The summed E-state index contributed by atoms with van der Waals surface area (Å²) >= 11 is 1.67. The van der Waals surface area contributed by atoms with Gasteiger partial charge in [0.05, 0.1) is 25.3 Å². The number of anilines is 1. The number of rotatable bonds is 7. The molecule has 0 bridgehead atoms. The van der Waals surface area contributed by atoms with Gasteiger partial charge in [-0.2, -0.15) is 0 Å². The van der Waals surface area contributed by atoms with Crippen LogP contribution in [0.25, 0.3) is 0 Å². The molecule has 20 heavy (non-hydrogen) atoms. The number of aliphatic hydroxyl groups excluding tert-OH is 1. The normalized spacial score (nSPS) is 10.3. The Labute approximate surface area is 122 Å². The van der Waals surface area contributed by atoms with Crippen LogP contribution in [-0.2, 0) is 6.54 Å². The van der Waals surface area contributed by atoms with Crippen LogP contribution in [0, 0.1) is 6.92 Å². The Morgan fingerprint density at radius 3 is 2.85 bits per heavy atom. The number of aryl methyl sites for hydroxylation is 1. The third-order valence-corrected chi connectivity index (χ3v) is 3.56. The van der Waals surface area contributed by atoms with Gasteiger partial charge in [-0.25, -0.2) is 4.98 Å². The number of nitrogens with one attached hydrogen (secondary N) is 1. The maximum atomic E-state index is 8.83. The van der Waals surface area contributed by atoms with Crippen LogP contribution >= 0.6 is 11.3 Å². The van der Waals surface area contributed by atoms with Crippen LogP contribution < -0.4 is 14.8 Å². The highest BCUT2D eigenvalue weighted by Gasteiger charge is 2.06. The Hall–Kier alpha value is -1.79. The molecule has 0 radical (unpaired) electrons. The van der Waals surface area contributed by atoms with Crippen LogP contribution in [-0.4, -0.2) is 30.4 Å². The second-order valence-electron chi connectivity index (χ2n) is 4.14. The SMILES string of the molecule is COc1ccc(NCc2cnc(C)s2)cc1OCCO. The van der Waals surface area contributed by atoms with Crippen LogP contribution in [0.3, 0.4) is 0 Å². The number of ether oxygens (including phenoxy) is 2. The van der Waals surface area contributed by atoms with Crippen molar-refractivity contribution in [1.29, 1.82) is 0 Å². The topological polar surface area (TPSA) is 63.6 Å². The minimum Gasteiger partial charge on any atom is -0.493 e. The summed E-state index contributed by atoms with van der Waals surface area (Å²) in [5.74, 6) is 1.27. The average molecular weight is 294 g/mol. The Morgan fingerprint density at radius 1 is 1.35 bits per heavy atom. The molecular formula is C14H18N2O3S. The third kappa shape index (κ3) is 3.85. The summed E-state index contributed by atoms with van der Waals surface area (Å²) < 4.78 is 10.7. The number of hydrogen-bond donors (Lipinski definition) is 2. The van der Waals surface area contributed by atoms with Crippen molar-refractivity contribution in [3.8, 4) is 11.5 Å². The minimum absolute atomic E-state index is 0.0268. The van der Waals surface area contributed by atoms with E-state index < -0.39 is 0 Å². The summed E-state index contributed by atoms with van der Waals surface area (Å²) in [5.41, 5.74) is 0.935. The van der Waals surface area contributed by atoms with Gasteiger partial charge >= 0.3 is 0 Å².